The molecule has 35 heavy (non-hydrogen) atoms. The SMILES string of the molecule is CC(C)(C(=O)[O-])C(=O)[O-].CCC[N+](CCC)(CCC)CCC.CCC[N+](CCC)(CCC)CCC. The van der Waals surface area contributed by atoms with Crippen LogP contribution in [-0.4, -0.2) is 73.3 Å². The van der Waals surface area contributed by atoms with Crippen LogP contribution in [0.1, 0.15) is 121 Å². The quantitative estimate of drug-likeness (QED) is 0.205. The topological polar surface area (TPSA) is 80.3 Å². The second-order valence-corrected chi connectivity index (χ2v) is 10.7. The van der Waals surface area contributed by atoms with E-state index in [4.69, 9.17) is 0 Å². The molecule has 0 spiro atoms. The largest absolute Gasteiger partial charge is 0.549 e. The van der Waals surface area contributed by atoms with Gasteiger partial charge in [-0.2, -0.15) is 0 Å². The second kappa shape index (κ2) is 22.1. The van der Waals surface area contributed by atoms with Crippen molar-refractivity contribution in [2.75, 3.05) is 52.4 Å². The molecule has 0 fully saturated rings. The Hall–Kier alpha value is -1.14. The molecule has 0 radical (unpaired) electrons. The van der Waals surface area contributed by atoms with E-state index in [9.17, 15) is 19.8 Å². The first-order chi connectivity index (χ1) is 16.4. The van der Waals surface area contributed by atoms with Crippen molar-refractivity contribution >= 4 is 11.9 Å². The number of aliphatic carboxylic acids is 2. The Balaban J connectivity index is -0.000000448. The van der Waals surface area contributed by atoms with E-state index < -0.39 is 17.4 Å². The van der Waals surface area contributed by atoms with Crippen molar-refractivity contribution < 1.29 is 28.8 Å². The monoisotopic (exact) mass is 502 g/mol. The standard InChI is InChI=1S/2C12H28N.C5H8O4/c2*1-5-9-13(10-6-2,11-7-3)12-8-4;1-5(2,3(6)7)4(8)9/h2*5-12H2,1-4H3;1-2H3,(H,6,7)(H,8,9)/q2*+1;/p-2. The van der Waals surface area contributed by atoms with Crippen LogP contribution in [0.5, 0.6) is 0 Å². The fourth-order valence-electron chi connectivity index (χ4n) is 5.22. The Labute approximate surface area is 219 Å². The fourth-order valence-corrected chi connectivity index (χ4v) is 5.22. The van der Waals surface area contributed by atoms with E-state index in [2.05, 4.69) is 55.4 Å². The molecule has 0 aromatic heterocycles. The van der Waals surface area contributed by atoms with Crippen LogP contribution in [-0.2, 0) is 9.59 Å². The van der Waals surface area contributed by atoms with Gasteiger partial charge in [-0.3, -0.25) is 0 Å². The molecule has 0 amide bonds. The maximum Gasteiger partial charge on any atom is 0.0783 e. The Bertz CT molecular complexity index is 418. The maximum atomic E-state index is 9.93. The van der Waals surface area contributed by atoms with E-state index in [0.29, 0.717) is 0 Å². The Morgan fingerprint density at radius 3 is 0.657 bits per heavy atom. The highest BCUT2D eigenvalue weighted by molar-refractivity contribution is 5.94. The lowest BCUT2D eigenvalue weighted by molar-refractivity contribution is -0.928. The third-order valence-electron chi connectivity index (χ3n) is 6.60. The van der Waals surface area contributed by atoms with E-state index in [1.54, 1.807) is 0 Å². The van der Waals surface area contributed by atoms with E-state index in [0.717, 1.165) is 13.8 Å². The van der Waals surface area contributed by atoms with Gasteiger partial charge in [0.15, 0.2) is 0 Å². The van der Waals surface area contributed by atoms with Crippen LogP contribution >= 0.6 is 0 Å². The summed E-state index contributed by atoms with van der Waals surface area (Å²) < 4.78 is 2.75. The number of carbonyl (C=O) groups excluding carboxylic acids is 2. The third-order valence-corrected chi connectivity index (χ3v) is 6.60. The molecule has 0 saturated carbocycles. The zero-order valence-corrected chi connectivity index (χ0v) is 25.3. The van der Waals surface area contributed by atoms with Gasteiger partial charge in [-0.1, -0.05) is 55.4 Å². The molecule has 0 atom stereocenters. The molecule has 0 saturated heterocycles. The lowest BCUT2D eigenvalue weighted by Crippen LogP contribution is -2.50. The number of quaternary nitrogens is 2. The molecule has 6 heteroatoms. The van der Waals surface area contributed by atoms with Gasteiger partial charge in [-0.15, -0.1) is 0 Å². The van der Waals surface area contributed by atoms with Gasteiger partial charge in [0.2, 0.25) is 0 Å². The molecule has 0 N–H and O–H groups in total. The van der Waals surface area contributed by atoms with Crippen LogP contribution in [0.3, 0.4) is 0 Å². The van der Waals surface area contributed by atoms with Crippen molar-refractivity contribution in [1.82, 2.24) is 0 Å². The number of rotatable bonds is 18. The van der Waals surface area contributed by atoms with Crippen LogP contribution in [0.15, 0.2) is 0 Å². The Morgan fingerprint density at radius 1 is 0.457 bits per heavy atom. The molecule has 0 unspecified atom stereocenters. The number of carbonyl (C=O) groups is 2. The first kappa shape index (κ1) is 38.4. The van der Waals surface area contributed by atoms with Gasteiger partial charge < -0.3 is 28.8 Å². The van der Waals surface area contributed by atoms with Crippen molar-refractivity contribution in [3.05, 3.63) is 0 Å². The molecular formula is C29H62N2O4. The molecule has 0 aromatic carbocycles. The zero-order chi connectivity index (χ0) is 28.0. The van der Waals surface area contributed by atoms with E-state index >= 15 is 0 Å². The molecule has 212 valence electrons. The lowest BCUT2D eigenvalue weighted by Gasteiger charge is -2.38. The van der Waals surface area contributed by atoms with Gasteiger partial charge >= 0.3 is 0 Å². The number of nitrogens with zero attached hydrogens (tertiary/aromatic N) is 2. The predicted octanol–water partition coefficient (Wildman–Crippen LogP) is 4.40. The molecular weight excluding hydrogens is 440 g/mol. The average Bonchev–Trinajstić information content (AvgIpc) is 2.76. The maximum absolute atomic E-state index is 9.93. The molecule has 0 rings (SSSR count). The average molecular weight is 503 g/mol. The van der Waals surface area contributed by atoms with Crippen molar-refractivity contribution in [2.24, 2.45) is 5.41 Å². The summed E-state index contributed by atoms with van der Waals surface area (Å²) in [6.07, 6.45) is 10.7. The molecule has 0 aliphatic heterocycles. The summed E-state index contributed by atoms with van der Waals surface area (Å²) in [6, 6.07) is 0. The van der Waals surface area contributed by atoms with Gasteiger partial charge in [0, 0.05) is 5.41 Å². The normalized spacial score (nSPS) is 11.7. The lowest BCUT2D eigenvalue weighted by atomic mass is 9.95. The van der Waals surface area contributed by atoms with Gasteiger partial charge in [-0.05, 0) is 65.2 Å². The number of hydrogen-bond acceptors (Lipinski definition) is 4. The fraction of sp³-hybridized carbons (Fsp3) is 0.931. The third kappa shape index (κ3) is 17.0. The Kier molecular flexibility index (Phi) is 24.2. The van der Waals surface area contributed by atoms with Crippen molar-refractivity contribution in [2.45, 2.75) is 121 Å². The first-order valence-corrected chi connectivity index (χ1v) is 14.5. The highest BCUT2D eigenvalue weighted by Crippen LogP contribution is 2.13. The van der Waals surface area contributed by atoms with Gasteiger partial charge in [-0.25, -0.2) is 0 Å². The predicted molar refractivity (Wildman–Crippen MR) is 146 cm³/mol. The molecule has 0 aliphatic carbocycles. The van der Waals surface area contributed by atoms with E-state index in [-0.39, 0.29) is 0 Å². The molecule has 0 aromatic rings. The highest BCUT2D eigenvalue weighted by Gasteiger charge is 2.23. The summed E-state index contributed by atoms with van der Waals surface area (Å²) in [5.74, 6) is -3.27. The van der Waals surface area contributed by atoms with Crippen molar-refractivity contribution in [1.29, 1.82) is 0 Å². The van der Waals surface area contributed by atoms with Crippen LogP contribution in [0.4, 0.5) is 0 Å². The van der Waals surface area contributed by atoms with Crippen molar-refractivity contribution in [3.63, 3.8) is 0 Å². The summed E-state index contributed by atoms with van der Waals surface area (Å²) >= 11 is 0. The minimum atomic E-state index is -1.89. The summed E-state index contributed by atoms with van der Waals surface area (Å²) in [5.41, 5.74) is -1.89. The molecule has 6 nitrogen and oxygen atoms in total. The molecule has 0 heterocycles. The summed E-state index contributed by atoms with van der Waals surface area (Å²) in [4.78, 5) is 19.9. The Morgan fingerprint density at radius 2 is 0.600 bits per heavy atom. The number of carboxylic acid groups (broad SMARTS) is 2. The van der Waals surface area contributed by atoms with Crippen LogP contribution < -0.4 is 10.2 Å². The van der Waals surface area contributed by atoms with Crippen LogP contribution in [0, 0.1) is 5.41 Å². The molecule has 0 bridgehead atoms. The van der Waals surface area contributed by atoms with Gasteiger partial charge in [0.1, 0.15) is 0 Å². The number of carboxylic acids is 2. The number of hydrogen-bond donors (Lipinski definition) is 0. The van der Waals surface area contributed by atoms with Crippen molar-refractivity contribution in [3.8, 4) is 0 Å². The van der Waals surface area contributed by atoms with E-state index in [1.165, 1.54) is 113 Å². The minimum absolute atomic E-state index is 1.01. The minimum Gasteiger partial charge on any atom is -0.549 e. The smallest absolute Gasteiger partial charge is 0.0783 e. The summed E-state index contributed by atoms with van der Waals surface area (Å²) in [7, 11) is 0. The van der Waals surface area contributed by atoms with Crippen LogP contribution in [0.25, 0.3) is 0 Å². The summed E-state index contributed by atoms with van der Waals surface area (Å²) in [5, 5.41) is 19.9. The van der Waals surface area contributed by atoms with Gasteiger partial charge in [0.25, 0.3) is 0 Å². The first-order valence-electron chi connectivity index (χ1n) is 14.5. The second-order valence-electron chi connectivity index (χ2n) is 10.7. The highest BCUT2D eigenvalue weighted by atomic mass is 16.4. The summed E-state index contributed by atoms with van der Waals surface area (Å²) in [6.45, 7) is 31.6. The van der Waals surface area contributed by atoms with Gasteiger partial charge in [0.05, 0.1) is 64.3 Å². The van der Waals surface area contributed by atoms with E-state index in [1.807, 2.05) is 0 Å². The molecule has 0 aliphatic rings. The van der Waals surface area contributed by atoms with Crippen LogP contribution in [0.2, 0.25) is 0 Å². The zero-order valence-electron chi connectivity index (χ0n) is 25.3.